The number of carbonyl (C=O) groups excluding carboxylic acids is 6. The molecule has 5 fully saturated rings. The van der Waals surface area contributed by atoms with E-state index in [9.17, 15) is 33.9 Å². The number of fused-ring (bicyclic) bond motifs is 5. The van der Waals surface area contributed by atoms with E-state index in [0.29, 0.717) is 6.42 Å². The molecule has 2 bridgehead atoms. The van der Waals surface area contributed by atoms with Crippen LogP contribution in [0.4, 0.5) is 0 Å². The van der Waals surface area contributed by atoms with Gasteiger partial charge in [0.15, 0.2) is 23.8 Å². The average Bonchev–Trinajstić information content (AvgIpc) is 3.39. The molecule has 6 rings (SSSR count). The normalized spacial score (nSPS) is 48.9. The van der Waals surface area contributed by atoms with Crippen molar-refractivity contribution in [1.29, 1.82) is 0 Å². The highest BCUT2D eigenvalue weighted by atomic mass is 16.6. The van der Waals surface area contributed by atoms with Gasteiger partial charge in [-0.3, -0.25) is 28.8 Å². The zero-order chi connectivity index (χ0) is 38.9. The average molecular weight is 731 g/mol. The number of allylic oxidation sites excluding steroid dienone is 2. The summed E-state index contributed by atoms with van der Waals surface area (Å²) in [5, 5.41) is 13.6. The summed E-state index contributed by atoms with van der Waals surface area (Å²) in [6.07, 6.45) is -4.27. The van der Waals surface area contributed by atoms with E-state index < -0.39 is 104 Å². The highest BCUT2D eigenvalue weighted by Crippen LogP contribution is 2.83. The van der Waals surface area contributed by atoms with E-state index in [0.717, 1.165) is 5.57 Å². The lowest BCUT2D eigenvalue weighted by Crippen LogP contribution is -2.86. The number of aliphatic hydroxyl groups is 1. The monoisotopic (exact) mass is 730 g/mol. The summed E-state index contributed by atoms with van der Waals surface area (Å²) in [4.78, 5) is 80.3. The summed E-state index contributed by atoms with van der Waals surface area (Å²) in [6, 6.07) is 0. The summed E-state index contributed by atoms with van der Waals surface area (Å²) in [6.45, 7) is 17.8. The largest absolute Gasteiger partial charge is 0.493 e. The standard InChI is InChI=1S/C39H54O13/c1-18-14-35(9)26-13-24(44)28(47-12)19(2)34(26,8)15-25(48-20(3)40)29(35)39(18)37(11,46)31(51-23(6)43)30(50-22(5)42)36(10)27(49-21(4)41)16-33(7)17-38(36,39)52-32(33)45/h18,25-27,29-31,46H,13-17H2,1-12H3/t18-,25+,26+,27-,29-,30-,31+,33+,34+,35-,36+,37-,38-,39-/m0/s1. The van der Waals surface area contributed by atoms with Gasteiger partial charge in [-0.1, -0.05) is 20.8 Å². The smallest absolute Gasteiger partial charge is 0.312 e. The lowest BCUT2D eigenvalue weighted by atomic mass is 9.33. The second kappa shape index (κ2) is 11.5. The van der Waals surface area contributed by atoms with Crippen molar-refractivity contribution in [2.24, 2.45) is 44.8 Å². The number of esters is 5. The maximum Gasteiger partial charge on any atom is 0.312 e. The van der Waals surface area contributed by atoms with Gasteiger partial charge in [0.2, 0.25) is 0 Å². The first kappa shape index (κ1) is 38.3. The highest BCUT2D eigenvalue weighted by molar-refractivity contribution is 5.96. The first-order valence-electron chi connectivity index (χ1n) is 18.3. The Morgan fingerprint density at radius 1 is 0.808 bits per heavy atom. The Bertz CT molecular complexity index is 1680. The summed E-state index contributed by atoms with van der Waals surface area (Å²) >= 11 is 0. The minimum absolute atomic E-state index is 0.00904. The van der Waals surface area contributed by atoms with Gasteiger partial charge in [0.05, 0.1) is 23.4 Å². The van der Waals surface area contributed by atoms with Gasteiger partial charge in [-0.15, -0.1) is 0 Å². The van der Waals surface area contributed by atoms with Crippen molar-refractivity contribution >= 4 is 35.6 Å². The van der Waals surface area contributed by atoms with Crippen molar-refractivity contribution in [3.8, 4) is 0 Å². The molecule has 0 aromatic carbocycles. The Kier molecular flexibility index (Phi) is 8.47. The van der Waals surface area contributed by atoms with Crippen LogP contribution in [-0.2, 0) is 57.2 Å². The Labute approximate surface area is 304 Å². The molecule has 1 N–H and O–H groups in total. The molecule has 0 aromatic rings. The van der Waals surface area contributed by atoms with Crippen LogP contribution in [0.15, 0.2) is 11.3 Å². The van der Waals surface area contributed by atoms with E-state index in [2.05, 4.69) is 6.92 Å². The van der Waals surface area contributed by atoms with Crippen molar-refractivity contribution in [3.05, 3.63) is 11.3 Å². The molecule has 5 aliphatic carbocycles. The summed E-state index contributed by atoms with van der Waals surface area (Å²) in [5.74, 6) is -4.94. The fraction of sp³-hybridized carbons (Fsp3) is 0.795. The molecule has 0 aromatic heterocycles. The van der Waals surface area contributed by atoms with Crippen molar-refractivity contribution in [3.63, 3.8) is 0 Å². The molecule has 1 saturated heterocycles. The van der Waals surface area contributed by atoms with Crippen LogP contribution < -0.4 is 0 Å². The van der Waals surface area contributed by atoms with E-state index >= 15 is 0 Å². The topological polar surface area (TPSA) is 178 Å². The molecule has 13 heteroatoms. The third-order valence-electron chi connectivity index (χ3n) is 15.0. The maximum absolute atomic E-state index is 14.4. The number of ketones is 1. The van der Waals surface area contributed by atoms with Crippen molar-refractivity contribution in [2.75, 3.05) is 7.11 Å². The van der Waals surface area contributed by atoms with Gasteiger partial charge in [-0.25, -0.2) is 0 Å². The number of hydrogen-bond donors (Lipinski definition) is 1. The van der Waals surface area contributed by atoms with Gasteiger partial charge in [0.25, 0.3) is 0 Å². The molecule has 52 heavy (non-hydrogen) atoms. The molecule has 14 atom stereocenters. The fourth-order valence-corrected chi connectivity index (χ4v) is 13.6. The highest BCUT2D eigenvalue weighted by Gasteiger charge is 2.92. The van der Waals surface area contributed by atoms with Crippen LogP contribution in [0.25, 0.3) is 0 Å². The van der Waals surface area contributed by atoms with E-state index in [1.54, 1.807) is 13.8 Å². The molecule has 13 nitrogen and oxygen atoms in total. The minimum atomic E-state index is -2.14. The first-order valence-corrected chi connectivity index (χ1v) is 18.3. The van der Waals surface area contributed by atoms with Crippen molar-refractivity contribution < 1.29 is 62.3 Å². The second-order valence-corrected chi connectivity index (χ2v) is 17.8. The molecule has 2 spiro atoms. The number of Topliss-reactive ketones (excluding diaryl/α,β-unsaturated/α-hetero) is 1. The predicted octanol–water partition coefficient (Wildman–Crippen LogP) is 4.15. The Hall–Kier alpha value is -3.48. The van der Waals surface area contributed by atoms with Gasteiger partial charge >= 0.3 is 29.8 Å². The first-order chi connectivity index (χ1) is 23.9. The van der Waals surface area contributed by atoms with Crippen LogP contribution in [0.3, 0.4) is 0 Å². The quantitative estimate of drug-likeness (QED) is 0.316. The number of carbonyl (C=O) groups is 6. The van der Waals surface area contributed by atoms with Gasteiger partial charge in [0.1, 0.15) is 23.4 Å². The summed E-state index contributed by atoms with van der Waals surface area (Å²) < 4.78 is 37.0. The molecular weight excluding hydrogens is 676 g/mol. The third-order valence-corrected chi connectivity index (χ3v) is 15.0. The van der Waals surface area contributed by atoms with Crippen LogP contribution in [0, 0.1) is 44.8 Å². The van der Waals surface area contributed by atoms with Crippen LogP contribution in [-0.4, -0.2) is 83.5 Å². The van der Waals surface area contributed by atoms with Crippen LogP contribution in [0.1, 0.15) is 108 Å². The van der Waals surface area contributed by atoms with Crippen molar-refractivity contribution in [1.82, 2.24) is 0 Å². The number of ether oxygens (including phenoxy) is 6. The summed E-state index contributed by atoms with van der Waals surface area (Å²) in [5.41, 5.74) is -9.16. The van der Waals surface area contributed by atoms with E-state index in [1.807, 2.05) is 20.8 Å². The van der Waals surface area contributed by atoms with Gasteiger partial charge in [-0.2, -0.15) is 0 Å². The van der Waals surface area contributed by atoms with Gasteiger partial charge < -0.3 is 33.5 Å². The zero-order valence-corrected chi connectivity index (χ0v) is 32.4. The van der Waals surface area contributed by atoms with Gasteiger partial charge in [0, 0.05) is 52.9 Å². The third kappa shape index (κ3) is 4.43. The number of methoxy groups -OCH3 is 1. The molecule has 288 valence electrons. The second-order valence-electron chi connectivity index (χ2n) is 17.8. The van der Waals surface area contributed by atoms with E-state index in [1.165, 1.54) is 41.7 Å². The Morgan fingerprint density at radius 2 is 1.37 bits per heavy atom. The zero-order valence-electron chi connectivity index (χ0n) is 32.4. The molecule has 1 heterocycles. The van der Waals surface area contributed by atoms with Crippen LogP contribution in [0.2, 0.25) is 0 Å². The Morgan fingerprint density at radius 3 is 1.90 bits per heavy atom. The number of hydrogen-bond acceptors (Lipinski definition) is 13. The SMILES string of the molecule is COC1=C(C)[C@@]2(C)C[C@@H](OC(C)=O)[C@H]3[C@@](C)(C[C@H](C)[C@]34[C@]35C[C@@](C)(C[C@H](OC(C)=O)[C@]3(C)[C@@H](OC(C)=O)[C@@H](OC(C)=O)[C@]4(C)O)C(=O)O5)[C@@H]2CC1=O. The lowest BCUT2D eigenvalue weighted by Gasteiger charge is -2.73. The molecular formula is C39H54O13. The number of rotatable bonds is 5. The Balaban J connectivity index is 1.76. The van der Waals surface area contributed by atoms with E-state index in [-0.39, 0.29) is 43.1 Å². The predicted molar refractivity (Wildman–Crippen MR) is 180 cm³/mol. The molecule has 6 aliphatic rings. The molecule has 4 saturated carbocycles. The molecule has 0 amide bonds. The fourth-order valence-electron chi connectivity index (χ4n) is 13.6. The van der Waals surface area contributed by atoms with Crippen LogP contribution >= 0.6 is 0 Å². The molecule has 0 unspecified atom stereocenters. The molecule has 1 aliphatic heterocycles. The minimum Gasteiger partial charge on any atom is -0.493 e. The lowest BCUT2D eigenvalue weighted by molar-refractivity contribution is -0.383. The van der Waals surface area contributed by atoms with E-state index in [4.69, 9.17) is 28.4 Å². The molecule has 0 radical (unpaired) electrons. The van der Waals surface area contributed by atoms with Crippen LogP contribution in [0.5, 0.6) is 0 Å². The van der Waals surface area contributed by atoms with Crippen molar-refractivity contribution in [2.45, 2.75) is 144 Å². The summed E-state index contributed by atoms with van der Waals surface area (Å²) in [7, 11) is 1.46. The van der Waals surface area contributed by atoms with Gasteiger partial charge in [-0.05, 0) is 68.8 Å². The maximum atomic E-state index is 14.4.